The van der Waals surface area contributed by atoms with Crippen LogP contribution < -0.4 is 10.6 Å². The van der Waals surface area contributed by atoms with E-state index in [4.69, 9.17) is 4.74 Å². The van der Waals surface area contributed by atoms with Crippen LogP contribution in [0.1, 0.15) is 29.7 Å². The highest BCUT2D eigenvalue weighted by molar-refractivity contribution is 5.80. The first-order chi connectivity index (χ1) is 13.2. The lowest BCUT2D eigenvalue weighted by Crippen LogP contribution is -2.38. The average Bonchev–Trinajstić information content (AvgIpc) is 2.72. The number of benzene rings is 2. The van der Waals surface area contributed by atoms with Crippen molar-refractivity contribution in [3.63, 3.8) is 0 Å². The molecule has 2 aromatic rings. The molecule has 0 radical (unpaired) electrons. The van der Waals surface area contributed by atoms with Crippen LogP contribution in [-0.2, 0) is 17.8 Å². The molecule has 144 valence electrons. The van der Waals surface area contributed by atoms with Gasteiger partial charge in [0.05, 0.1) is 19.3 Å². The van der Waals surface area contributed by atoms with Crippen LogP contribution in [0.4, 0.5) is 0 Å². The van der Waals surface area contributed by atoms with Gasteiger partial charge in [0, 0.05) is 33.2 Å². The van der Waals surface area contributed by atoms with Crippen molar-refractivity contribution >= 4 is 5.96 Å². The van der Waals surface area contributed by atoms with Crippen molar-refractivity contribution in [1.29, 1.82) is 0 Å². The number of ether oxygens (including phenoxy) is 1. The van der Waals surface area contributed by atoms with E-state index >= 15 is 0 Å². The molecule has 3 rings (SSSR count). The maximum atomic E-state index is 5.43. The van der Waals surface area contributed by atoms with Gasteiger partial charge in [0.1, 0.15) is 0 Å². The Bertz CT molecular complexity index is 726. The summed E-state index contributed by atoms with van der Waals surface area (Å²) in [5, 5.41) is 6.87. The van der Waals surface area contributed by atoms with Crippen LogP contribution in [0.2, 0.25) is 0 Å². The Kier molecular flexibility index (Phi) is 7.25. The summed E-state index contributed by atoms with van der Waals surface area (Å²) < 4.78 is 5.43. The van der Waals surface area contributed by atoms with Gasteiger partial charge in [-0.2, -0.15) is 0 Å². The molecular weight excluding hydrogens is 336 g/mol. The second-order valence-electron chi connectivity index (χ2n) is 6.91. The average molecular weight is 367 g/mol. The van der Waals surface area contributed by atoms with Crippen LogP contribution in [0.5, 0.6) is 0 Å². The molecule has 1 saturated heterocycles. The predicted octanol–water partition coefficient (Wildman–Crippen LogP) is 2.95. The summed E-state index contributed by atoms with van der Waals surface area (Å²) in [7, 11) is 1.81. The topological polar surface area (TPSA) is 48.9 Å². The molecule has 0 bridgehead atoms. The second-order valence-corrected chi connectivity index (χ2v) is 6.91. The van der Waals surface area contributed by atoms with Crippen molar-refractivity contribution in [1.82, 2.24) is 15.5 Å². The lowest BCUT2D eigenvalue weighted by molar-refractivity contribution is 0.0342. The maximum Gasteiger partial charge on any atom is 0.191 e. The molecule has 2 N–H and O–H groups in total. The molecule has 1 heterocycles. The first-order valence-electron chi connectivity index (χ1n) is 9.64. The highest BCUT2D eigenvalue weighted by Gasteiger charge is 2.11. The zero-order valence-corrected chi connectivity index (χ0v) is 16.3. The van der Waals surface area contributed by atoms with E-state index in [0.717, 1.165) is 45.4 Å². The van der Waals surface area contributed by atoms with Gasteiger partial charge in [-0.1, -0.05) is 54.6 Å². The van der Waals surface area contributed by atoms with Gasteiger partial charge in [0.2, 0.25) is 0 Å². The molecule has 0 aromatic heterocycles. The predicted molar refractivity (Wildman–Crippen MR) is 111 cm³/mol. The van der Waals surface area contributed by atoms with Crippen molar-refractivity contribution < 1.29 is 4.74 Å². The Labute approximate surface area is 162 Å². The fourth-order valence-electron chi connectivity index (χ4n) is 3.27. The lowest BCUT2D eigenvalue weighted by atomic mass is 10.1. The Morgan fingerprint density at radius 3 is 2.56 bits per heavy atom. The van der Waals surface area contributed by atoms with Crippen LogP contribution in [0.25, 0.3) is 0 Å². The Balaban J connectivity index is 1.52. The fraction of sp³-hybridized carbons (Fsp3) is 0.409. The minimum Gasteiger partial charge on any atom is -0.379 e. The number of nitrogens with zero attached hydrogens (tertiary/aromatic N) is 2. The Morgan fingerprint density at radius 1 is 1.07 bits per heavy atom. The van der Waals surface area contributed by atoms with Gasteiger partial charge in [-0.3, -0.25) is 9.89 Å². The van der Waals surface area contributed by atoms with Gasteiger partial charge >= 0.3 is 0 Å². The normalized spacial score (nSPS) is 16.7. The SMILES string of the molecule is CN=C(NCc1cccc(CN2CCOCC2)c1)NC(C)c1ccccc1. The van der Waals surface area contributed by atoms with E-state index < -0.39 is 0 Å². The molecule has 0 spiro atoms. The molecular formula is C22H30N4O. The van der Waals surface area contributed by atoms with Gasteiger partial charge < -0.3 is 15.4 Å². The molecule has 0 saturated carbocycles. The molecule has 1 aliphatic rings. The summed E-state index contributed by atoms with van der Waals surface area (Å²) >= 11 is 0. The summed E-state index contributed by atoms with van der Waals surface area (Å²) in [6.45, 7) is 7.57. The summed E-state index contributed by atoms with van der Waals surface area (Å²) in [6, 6.07) is 19.4. The quantitative estimate of drug-likeness (QED) is 0.610. The highest BCUT2D eigenvalue weighted by atomic mass is 16.5. The molecule has 0 amide bonds. The Morgan fingerprint density at radius 2 is 1.81 bits per heavy atom. The molecule has 1 unspecified atom stereocenters. The summed E-state index contributed by atoms with van der Waals surface area (Å²) in [5.74, 6) is 0.810. The van der Waals surface area contributed by atoms with Crippen molar-refractivity contribution in [3.8, 4) is 0 Å². The van der Waals surface area contributed by atoms with Crippen LogP contribution in [0, 0.1) is 0 Å². The van der Waals surface area contributed by atoms with Crippen molar-refractivity contribution in [2.75, 3.05) is 33.4 Å². The molecule has 1 atom stereocenters. The summed E-state index contributed by atoms with van der Waals surface area (Å²) in [4.78, 5) is 6.80. The van der Waals surface area contributed by atoms with E-state index in [1.807, 2.05) is 13.1 Å². The smallest absolute Gasteiger partial charge is 0.191 e. The molecule has 2 aromatic carbocycles. The number of aliphatic imine (C=N–C) groups is 1. The van der Waals surface area contributed by atoms with Gasteiger partial charge in [-0.15, -0.1) is 0 Å². The highest BCUT2D eigenvalue weighted by Crippen LogP contribution is 2.12. The third-order valence-electron chi connectivity index (χ3n) is 4.84. The first kappa shape index (κ1) is 19.4. The van der Waals surface area contributed by atoms with Crippen LogP contribution in [0.15, 0.2) is 59.6 Å². The Hall–Kier alpha value is -2.37. The number of guanidine groups is 1. The standard InChI is InChI=1S/C22H30N4O/c1-18(21-9-4-3-5-10-21)25-22(23-2)24-16-19-7-6-8-20(15-19)17-26-11-13-27-14-12-26/h3-10,15,18H,11-14,16-17H2,1-2H3,(H2,23,24,25). The van der Waals surface area contributed by atoms with E-state index in [9.17, 15) is 0 Å². The van der Waals surface area contributed by atoms with Crippen LogP contribution in [0.3, 0.4) is 0 Å². The summed E-state index contributed by atoms with van der Waals surface area (Å²) in [6.07, 6.45) is 0. The van der Waals surface area contributed by atoms with Gasteiger partial charge in [0.15, 0.2) is 5.96 Å². The lowest BCUT2D eigenvalue weighted by Gasteiger charge is -2.26. The molecule has 5 nitrogen and oxygen atoms in total. The summed E-state index contributed by atoms with van der Waals surface area (Å²) in [5.41, 5.74) is 3.85. The minimum absolute atomic E-state index is 0.199. The van der Waals surface area contributed by atoms with Crippen LogP contribution in [-0.4, -0.2) is 44.2 Å². The first-order valence-corrected chi connectivity index (χ1v) is 9.64. The second kappa shape index (κ2) is 10.1. The fourth-order valence-corrected chi connectivity index (χ4v) is 3.27. The maximum absolute atomic E-state index is 5.43. The van der Waals surface area contributed by atoms with Crippen molar-refractivity contribution in [2.24, 2.45) is 4.99 Å². The number of morpholine rings is 1. The van der Waals surface area contributed by atoms with Gasteiger partial charge in [-0.05, 0) is 23.6 Å². The van der Waals surface area contributed by atoms with Crippen molar-refractivity contribution in [3.05, 3.63) is 71.3 Å². The number of hydrogen-bond donors (Lipinski definition) is 2. The van der Waals surface area contributed by atoms with E-state index in [2.05, 4.69) is 76.0 Å². The van der Waals surface area contributed by atoms with Crippen molar-refractivity contribution in [2.45, 2.75) is 26.1 Å². The van der Waals surface area contributed by atoms with E-state index in [-0.39, 0.29) is 6.04 Å². The van der Waals surface area contributed by atoms with Gasteiger partial charge in [-0.25, -0.2) is 0 Å². The molecule has 0 aliphatic carbocycles. The molecule has 27 heavy (non-hydrogen) atoms. The zero-order valence-electron chi connectivity index (χ0n) is 16.3. The van der Waals surface area contributed by atoms with E-state index in [1.165, 1.54) is 16.7 Å². The van der Waals surface area contributed by atoms with Crippen LogP contribution >= 0.6 is 0 Å². The monoisotopic (exact) mass is 366 g/mol. The number of nitrogens with one attached hydrogen (secondary N) is 2. The number of hydrogen-bond acceptors (Lipinski definition) is 3. The molecule has 5 heteroatoms. The number of rotatable bonds is 6. The van der Waals surface area contributed by atoms with E-state index in [0.29, 0.717) is 0 Å². The van der Waals surface area contributed by atoms with E-state index in [1.54, 1.807) is 0 Å². The minimum atomic E-state index is 0.199. The molecule has 1 aliphatic heterocycles. The third kappa shape index (κ3) is 6.08. The van der Waals surface area contributed by atoms with Gasteiger partial charge in [0.25, 0.3) is 0 Å². The largest absolute Gasteiger partial charge is 0.379 e. The zero-order chi connectivity index (χ0) is 18.9. The third-order valence-corrected chi connectivity index (χ3v) is 4.84. The molecule has 1 fully saturated rings.